The molecule has 0 bridgehead atoms. The van der Waals surface area contributed by atoms with E-state index in [0.29, 0.717) is 16.6 Å². The number of nitrogens with zero attached hydrogens (tertiary/aromatic N) is 2. The van der Waals surface area contributed by atoms with E-state index in [1.165, 1.54) is 0 Å². The number of halogens is 2. The predicted molar refractivity (Wildman–Crippen MR) is 87.0 cm³/mol. The Kier molecular flexibility index (Phi) is 5.59. The molecule has 0 radical (unpaired) electrons. The van der Waals surface area contributed by atoms with Gasteiger partial charge in [-0.1, -0.05) is 42.3 Å². The quantitative estimate of drug-likeness (QED) is 0.818. The number of anilines is 1. The van der Waals surface area contributed by atoms with E-state index in [1.807, 2.05) is 25.1 Å². The molecule has 2 aromatic rings. The second-order valence-corrected chi connectivity index (χ2v) is 5.43. The highest BCUT2D eigenvalue weighted by atomic mass is 35.5. The molecule has 0 aliphatic carbocycles. The van der Waals surface area contributed by atoms with Crippen LogP contribution >= 0.6 is 23.2 Å². The summed E-state index contributed by atoms with van der Waals surface area (Å²) in [7, 11) is 0. The Bertz CT molecular complexity index is 617. The molecule has 0 saturated heterocycles. The highest BCUT2D eigenvalue weighted by Crippen LogP contribution is 2.26. The summed E-state index contributed by atoms with van der Waals surface area (Å²) in [6, 6.07) is 9.02. The zero-order valence-corrected chi connectivity index (χ0v) is 13.2. The standard InChI is InChI=1S/C16H16Cl2N2O/c1-2-9-20(13-6-4-8-19-11-13)15(21)10-12-5-3-7-14(17)16(12)18/h3-8,11H,2,9-10H2,1H3. The minimum atomic E-state index is -0.0194. The van der Waals surface area contributed by atoms with Crippen LogP contribution in [0.2, 0.25) is 10.0 Å². The zero-order valence-electron chi connectivity index (χ0n) is 11.7. The van der Waals surface area contributed by atoms with Crippen LogP contribution in [0.1, 0.15) is 18.9 Å². The predicted octanol–water partition coefficient (Wildman–Crippen LogP) is 4.37. The first kappa shape index (κ1) is 15.8. The van der Waals surface area contributed by atoms with Crippen LogP contribution < -0.4 is 4.90 Å². The summed E-state index contributed by atoms with van der Waals surface area (Å²) < 4.78 is 0. The molecule has 2 rings (SSSR count). The van der Waals surface area contributed by atoms with Crippen LogP contribution in [0, 0.1) is 0 Å². The summed E-state index contributed by atoms with van der Waals surface area (Å²) in [4.78, 5) is 18.4. The number of carbonyl (C=O) groups is 1. The average Bonchev–Trinajstić information content (AvgIpc) is 2.50. The van der Waals surface area contributed by atoms with Gasteiger partial charge in [0.2, 0.25) is 5.91 Å². The number of aromatic nitrogens is 1. The third kappa shape index (κ3) is 3.96. The molecule has 1 aromatic heterocycles. The number of hydrogen-bond donors (Lipinski definition) is 0. The number of rotatable bonds is 5. The Morgan fingerprint density at radius 1 is 1.24 bits per heavy atom. The monoisotopic (exact) mass is 322 g/mol. The Morgan fingerprint density at radius 3 is 2.71 bits per heavy atom. The van der Waals surface area contributed by atoms with E-state index in [2.05, 4.69) is 4.98 Å². The van der Waals surface area contributed by atoms with E-state index >= 15 is 0 Å². The lowest BCUT2D eigenvalue weighted by atomic mass is 10.1. The molecule has 0 fully saturated rings. The molecule has 5 heteroatoms. The number of benzene rings is 1. The summed E-state index contributed by atoms with van der Waals surface area (Å²) in [6.45, 7) is 2.67. The summed E-state index contributed by atoms with van der Waals surface area (Å²) in [5.41, 5.74) is 1.53. The smallest absolute Gasteiger partial charge is 0.231 e. The highest BCUT2D eigenvalue weighted by molar-refractivity contribution is 6.42. The normalized spacial score (nSPS) is 10.4. The topological polar surface area (TPSA) is 33.2 Å². The van der Waals surface area contributed by atoms with E-state index in [4.69, 9.17) is 23.2 Å². The fraction of sp³-hybridized carbons (Fsp3) is 0.250. The van der Waals surface area contributed by atoms with Crippen molar-refractivity contribution >= 4 is 34.8 Å². The van der Waals surface area contributed by atoms with E-state index in [1.54, 1.807) is 29.4 Å². The Hall–Kier alpha value is -1.58. The maximum atomic E-state index is 12.6. The summed E-state index contributed by atoms with van der Waals surface area (Å²) in [6.07, 6.45) is 4.46. The highest BCUT2D eigenvalue weighted by Gasteiger charge is 2.17. The molecule has 1 aromatic carbocycles. The fourth-order valence-corrected chi connectivity index (χ4v) is 2.47. The van der Waals surface area contributed by atoms with E-state index < -0.39 is 0 Å². The van der Waals surface area contributed by atoms with Crippen LogP contribution in [0.3, 0.4) is 0 Å². The lowest BCUT2D eigenvalue weighted by Crippen LogP contribution is -2.33. The Labute approximate surface area is 134 Å². The van der Waals surface area contributed by atoms with E-state index in [-0.39, 0.29) is 12.3 Å². The van der Waals surface area contributed by atoms with Crippen LogP contribution in [0.5, 0.6) is 0 Å². The largest absolute Gasteiger partial charge is 0.311 e. The first-order chi connectivity index (χ1) is 10.1. The summed E-state index contributed by atoms with van der Waals surface area (Å²) >= 11 is 12.1. The van der Waals surface area contributed by atoms with Crippen LogP contribution in [-0.4, -0.2) is 17.4 Å². The molecule has 0 saturated carbocycles. The van der Waals surface area contributed by atoms with Crippen molar-refractivity contribution in [3.05, 3.63) is 58.3 Å². The van der Waals surface area contributed by atoms with Crippen molar-refractivity contribution in [2.75, 3.05) is 11.4 Å². The van der Waals surface area contributed by atoms with Gasteiger partial charge in [-0.25, -0.2) is 0 Å². The molecule has 0 aliphatic rings. The van der Waals surface area contributed by atoms with Gasteiger partial charge in [0.05, 0.1) is 28.4 Å². The number of pyridine rings is 1. The van der Waals surface area contributed by atoms with Crippen molar-refractivity contribution in [2.45, 2.75) is 19.8 Å². The van der Waals surface area contributed by atoms with Crippen LogP contribution in [0.15, 0.2) is 42.7 Å². The number of hydrogen-bond acceptors (Lipinski definition) is 2. The minimum Gasteiger partial charge on any atom is -0.311 e. The van der Waals surface area contributed by atoms with Gasteiger partial charge in [-0.05, 0) is 30.2 Å². The lowest BCUT2D eigenvalue weighted by Gasteiger charge is -2.22. The molecule has 3 nitrogen and oxygen atoms in total. The third-order valence-electron chi connectivity index (χ3n) is 3.08. The van der Waals surface area contributed by atoms with Gasteiger partial charge in [0, 0.05) is 12.7 Å². The molecular formula is C16H16Cl2N2O. The van der Waals surface area contributed by atoms with Crippen LogP contribution in [-0.2, 0) is 11.2 Å². The number of carbonyl (C=O) groups excluding carboxylic acids is 1. The molecule has 0 spiro atoms. The van der Waals surface area contributed by atoms with Gasteiger partial charge in [-0.3, -0.25) is 9.78 Å². The fourth-order valence-electron chi connectivity index (χ4n) is 2.08. The van der Waals surface area contributed by atoms with E-state index in [9.17, 15) is 4.79 Å². The Balaban J connectivity index is 2.21. The van der Waals surface area contributed by atoms with Gasteiger partial charge < -0.3 is 4.90 Å². The first-order valence-electron chi connectivity index (χ1n) is 6.76. The van der Waals surface area contributed by atoms with Gasteiger partial charge in [0.1, 0.15) is 0 Å². The second-order valence-electron chi connectivity index (χ2n) is 4.65. The molecule has 1 heterocycles. The lowest BCUT2D eigenvalue weighted by molar-refractivity contribution is -0.118. The van der Waals surface area contributed by atoms with Crippen LogP contribution in [0.25, 0.3) is 0 Å². The minimum absolute atomic E-state index is 0.0194. The third-order valence-corrected chi connectivity index (χ3v) is 3.94. The van der Waals surface area contributed by atoms with E-state index in [0.717, 1.165) is 17.7 Å². The SMILES string of the molecule is CCCN(C(=O)Cc1cccc(Cl)c1Cl)c1cccnc1. The molecule has 110 valence electrons. The zero-order chi connectivity index (χ0) is 15.2. The molecule has 0 aliphatic heterocycles. The van der Waals surface area contributed by atoms with Crippen molar-refractivity contribution < 1.29 is 4.79 Å². The van der Waals surface area contributed by atoms with Gasteiger partial charge in [-0.2, -0.15) is 0 Å². The molecule has 21 heavy (non-hydrogen) atoms. The summed E-state index contributed by atoms with van der Waals surface area (Å²) in [5.74, 6) is -0.0194. The number of amides is 1. The molecule has 0 N–H and O–H groups in total. The van der Waals surface area contributed by atoms with Crippen molar-refractivity contribution in [3.63, 3.8) is 0 Å². The van der Waals surface area contributed by atoms with Crippen molar-refractivity contribution in [3.8, 4) is 0 Å². The van der Waals surface area contributed by atoms with Gasteiger partial charge in [-0.15, -0.1) is 0 Å². The van der Waals surface area contributed by atoms with Gasteiger partial charge in [0.15, 0.2) is 0 Å². The summed E-state index contributed by atoms with van der Waals surface area (Å²) in [5, 5.41) is 0.903. The van der Waals surface area contributed by atoms with Gasteiger partial charge >= 0.3 is 0 Å². The molecule has 0 unspecified atom stereocenters. The second kappa shape index (κ2) is 7.43. The Morgan fingerprint density at radius 2 is 2.05 bits per heavy atom. The molecule has 1 amide bonds. The molecule has 0 atom stereocenters. The molecular weight excluding hydrogens is 307 g/mol. The van der Waals surface area contributed by atoms with Crippen molar-refractivity contribution in [1.29, 1.82) is 0 Å². The maximum Gasteiger partial charge on any atom is 0.231 e. The first-order valence-corrected chi connectivity index (χ1v) is 7.52. The van der Waals surface area contributed by atoms with Crippen LogP contribution in [0.4, 0.5) is 5.69 Å². The van der Waals surface area contributed by atoms with Crippen molar-refractivity contribution in [1.82, 2.24) is 4.98 Å². The van der Waals surface area contributed by atoms with Gasteiger partial charge in [0.25, 0.3) is 0 Å². The van der Waals surface area contributed by atoms with Crippen molar-refractivity contribution in [2.24, 2.45) is 0 Å². The average molecular weight is 323 g/mol. The maximum absolute atomic E-state index is 12.6.